The van der Waals surface area contributed by atoms with E-state index in [-0.39, 0.29) is 38.6 Å². The molecule has 3 N–H and O–H groups in total. The molecule has 0 aromatic carbocycles. The van der Waals surface area contributed by atoms with Gasteiger partial charge in [0.2, 0.25) is 0 Å². The summed E-state index contributed by atoms with van der Waals surface area (Å²) in [5.41, 5.74) is 5.41. The molecule has 97 heavy (non-hydrogen) atoms. The molecule has 0 saturated heterocycles. The van der Waals surface area contributed by atoms with Crippen LogP contribution in [-0.2, 0) is 32.7 Å². The second kappa shape index (κ2) is 80.3. The highest BCUT2D eigenvalue weighted by Crippen LogP contribution is 2.43. The van der Waals surface area contributed by atoms with Crippen molar-refractivity contribution in [1.29, 1.82) is 0 Å². The van der Waals surface area contributed by atoms with Crippen LogP contribution in [0.4, 0.5) is 0 Å². The number of esters is 2. The molecule has 9 nitrogen and oxygen atoms in total. The molecule has 0 fully saturated rings. The first-order chi connectivity index (χ1) is 47.8. The highest BCUT2D eigenvalue weighted by molar-refractivity contribution is 7.47. The van der Waals surface area contributed by atoms with E-state index < -0.39 is 26.5 Å². The number of unbranched alkanes of at least 4 members (excludes halogenated alkanes) is 32. The van der Waals surface area contributed by atoms with Gasteiger partial charge in [-0.1, -0.05) is 364 Å². The maximum absolute atomic E-state index is 12.8. The second-order valence-electron chi connectivity index (χ2n) is 25.8. The predicted octanol–water partition coefficient (Wildman–Crippen LogP) is 26.9. The predicted molar refractivity (Wildman–Crippen MR) is 422 cm³/mol. The van der Waals surface area contributed by atoms with Gasteiger partial charge in [-0.05, 0) is 128 Å². The Hall–Kier alpha value is -4.63. The highest BCUT2D eigenvalue weighted by atomic mass is 31.2. The highest BCUT2D eigenvalue weighted by Gasteiger charge is 2.26. The molecule has 2 atom stereocenters. The van der Waals surface area contributed by atoms with E-state index in [1.807, 2.05) is 0 Å². The fourth-order valence-corrected chi connectivity index (χ4v) is 11.6. The van der Waals surface area contributed by atoms with Crippen LogP contribution in [0.25, 0.3) is 0 Å². The van der Waals surface area contributed by atoms with Crippen LogP contribution in [0.2, 0.25) is 0 Å². The summed E-state index contributed by atoms with van der Waals surface area (Å²) in [6, 6.07) is 0. The lowest BCUT2D eigenvalue weighted by Crippen LogP contribution is -2.29. The lowest BCUT2D eigenvalue weighted by atomic mass is 10.0. The van der Waals surface area contributed by atoms with E-state index >= 15 is 0 Å². The molecule has 552 valence electrons. The Labute approximate surface area is 597 Å². The fraction of sp³-hybridized carbons (Fsp3) is 0.655. The molecular formula is C87H146NO8P. The van der Waals surface area contributed by atoms with Crippen molar-refractivity contribution in [3.05, 3.63) is 170 Å². The molecule has 0 aliphatic carbocycles. The number of allylic oxidation sites excluding steroid dienone is 28. The zero-order valence-corrected chi connectivity index (χ0v) is 63.2. The average molecular weight is 1370 g/mol. The number of nitrogens with two attached hydrogens (primary N) is 1. The van der Waals surface area contributed by atoms with Gasteiger partial charge < -0.3 is 20.1 Å². The summed E-state index contributed by atoms with van der Waals surface area (Å²) >= 11 is 0. The monoisotopic (exact) mass is 1360 g/mol. The lowest BCUT2D eigenvalue weighted by Gasteiger charge is -2.19. The van der Waals surface area contributed by atoms with Crippen LogP contribution >= 0.6 is 7.82 Å². The molecule has 0 aliphatic rings. The van der Waals surface area contributed by atoms with Crippen molar-refractivity contribution >= 4 is 19.8 Å². The second-order valence-corrected chi connectivity index (χ2v) is 27.3. The number of ether oxygens (including phenoxy) is 2. The first-order valence-electron chi connectivity index (χ1n) is 39.6. The average Bonchev–Trinajstić information content (AvgIpc) is 2.17. The van der Waals surface area contributed by atoms with Gasteiger partial charge in [-0.25, -0.2) is 4.57 Å². The molecule has 2 unspecified atom stereocenters. The van der Waals surface area contributed by atoms with Gasteiger partial charge in [0.05, 0.1) is 13.2 Å². The van der Waals surface area contributed by atoms with E-state index in [1.165, 1.54) is 167 Å². The number of hydrogen-bond donors (Lipinski definition) is 2. The standard InChI is InChI=1S/C87H146NO8P/c1-3-5-7-9-11-13-15-17-19-21-23-25-27-29-31-33-35-37-39-41-42-44-45-47-49-51-53-55-57-59-61-63-65-67-69-71-73-75-77-79-86(89)93-83-85(84-95-97(91,92)94-82-81-88)96-87(90)80-78-76-74-72-70-68-66-64-62-60-58-56-54-52-50-48-46-43-40-38-36-34-32-30-28-26-24-22-20-18-16-14-12-10-8-6-4-2/h5-8,11-14,17-20,23-26,29-32,36,38,43,46,50,52,56,58,85H,3-4,9-10,15-16,21-22,27-28,33-35,37,39-42,44-45,47-49,51,53-55,57,59-84,88H2,1-2H3,(H,91,92)/b7-5-,8-6-,13-11-,14-12-,19-17-,20-18-,25-23-,26-24-,31-29-,32-30-,38-36-,46-43-,52-50-,58-56-. The Balaban J connectivity index is 3.87. The van der Waals surface area contributed by atoms with Crippen molar-refractivity contribution in [2.75, 3.05) is 26.4 Å². The van der Waals surface area contributed by atoms with Crippen LogP contribution in [-0.4, -0.2) is 49.3 Å². The summed E-state index contributed by atoms with van der Waals surface area (Å²) < 4.78 is 33.3. The van der Waals surface area contributed by atoms with Gasteiger partial charge in [-0.3, -0.25) is 18.6 Å². The number of phosphoric ester groups is 1. The van der Waals surface area contributed by atoms with E-state index in [0.29, 0.717) is 6.42 Å². The van der Waals surface area contributed by atoms with Crippen molar-refractivity contribution in [3.8, 4) is 0 Å². The van der Waals surface area contributed by atoms with Gasteiger partial charge >= 0.3 is 19.8 Å². The van der Waals surface area contributed by atoms with E-state index in [1.54, 1.807) is 0 Å². The van der Waals surface area contributed by atoms with Crippen molar-refractivity contribution in [2.24, 2.45) is 5.73 Å². The minimum absolute atomic E-state index is 0.0466. The summed E-state index contributed by atoms with van der Waals surface area (Å²) in [7, 11) is -4.41. The zero-order chi connectivity index (χ0) is 70.0. The molecule has 0 aromatic heterocycles. The minimum atomic E-state index is -4.41. The van der Waals surface area contributed by atoms with Crippen molar-refractivity contribution < 1.29 is 37.6 Å². The van der Waals surface area contributed by atoms with Gasteiger partial charge in [0, 0.05) is 19.4 Å². The summed E-state index contributed by atoms with van der Waals surface area (Å²) in [5.74, 6) is -0.831. The van der Waals surface area contributed by atoms with Gasteiger partial charge in [-0.15, -0.1) is 0 Å². The fourth-order valence-electron chi connectivity index (χ4n) is 10.8. The van der Waals surface area contributed by atoms with Gasteiger partial charge in [0.25, 0.3) is 0 Å². The molecule has 0 heterocycles. The lowest BCUT2D eigenvalue weighted by molar-refractivity contribution is -0.161. The molecular weight excluding hydrogens is 1220 g/mol. The van der Waals surface area contributed by atoms with Crippen LogP contribution in [0.15, 0.2) is 170 Å². The SMILES string of the molecule is CC/C=C\C/C=C\C/C=C\C/C=C\C/C=C\C/C=C\C/C=C\C/C=C\C/C=C\CCCCCCCCCCCC(=O)OC(COC(=O)CCCCCCCCCCCCCCCCCCCCCCCCC/C=C\C/C=C\C/C=C\C/C=C\C/C=C\CC)COP(=O)(O)OCCN. The maximum atomic E-state index is 12.8. The normalized spacial score (nSPS) is 13.8. The molecule has 0 saturated carbocycles. The topological polar surface area (TPSA) is 134 Å². The van der Waals surface area contributed by atoms with Crippen molar-refractivity contribution in [1.82, 2.24) is 0 Å². The third-order valence-electron chi connectivity index (χ3n) is 16.6. The Morgan fingerprint density at radius 3 is 0.794 bits per heavy atom. The van der Waals surface area contributed by atoms with Gasteiger partial charge in [-0.2, -0.15) is 0 Å². The Bertz CT molecular complexity index is 2210. The molecule has 0 rings (SSSR count). The van der Waals surface area contributed by atoms with Crippen LogP contribution in [0.3, 0.4) is 0 Å². The molecule has 0 amide bonds. The van der Waals surface area contributed by atoms with Crippen LogP contribution in [0, 0.1) is 0 Å². The summed E-state index contributed by atoms with van der Waals surface area (Å²) in [5, 5.41) is 0. The summed E-state index contributed by atoms with van der Waals surface area (Å²) in [6.45, 7) is 3.53. The smallest absolute Gasteiger partial charge is 0.462 e. The van der Waals surface area contributed by atoms with Gasteiger partial charge in [0.15, 0.2) is 6.10 Å². The molecule has 0 aromatic rings. The number of rotatable bonds is 73. The van der Waals surface area contributed by atoms with Crippen molar-refractivity contribution in [3.63, 3.8) is 0 Å². The Kier molecular flexibility index (Phi) is 76.5. The van der Waals surface area contributed by atoms with Crippen LogP contribution < -0.4 is 5.73 Å². The number of phosphoric acid groups is 1. The van der Waals surface area contributed by atoms with E-state index in [2.05, 4.69) is 184 Å². The summed E-state index contributed by atoms with van der Waals surface area (Å²) in [6.07, 6.45) is 119. The zero-order valence-electron chi connectivity index (χ0n) is 62.3. The van der Waals surface area contributed by atoms with Crippen LogP contribution in [0.1, 0.15) is 335 Å². The largest absolute Gasteiger partial charge is 0.472 e. The number of carbonyl (C=O) groups is 2. The third-order valence-corrected chi connectivity index (χ3v) is 17.6. The van der Waals surface area contributed by atoms with E-state index in [0.717, 1.165) is 135 Å². The Morgan fingerprint density at radius 2 is 0.536 bits per heavy atom. The summed E-state index contributed by atoms with van der Waals surface area (Å²) in [4.78, 5) is 35.5. The minimum Gasteiger partial charge on any atom is -0.462 e. The van der Waals surface area contributed by atoms with Gasteiger partial charge in [0.1, 0.15) is 6.61 Å². The third kappa shape index (κ3) is 80.2. The first-order valence-corrected chi connectivity index (χ1v) is 41.1. The molecule has 0 spiro atoms. The molecule has 10 heteroatoms. The first kappa shape index (κ1) is 92.4. The Morgan fingerprint density at radius 1 is 0.309 bits per heavy atom. The number of hydrogen-bond acceptors (Lipinski definition) is 8. The van der Waals surface area contributed by atoms with E-state index in [4.69, 9.17) is 24.3 Å². The molecule has 0 aliphatic heterocycles. The quantitative estimate of drug-likeness (QED) is 0.0264. The van der Waals surface area contributed by atoms with Crippen LogP contribution in [0.5, 0.6) is 0 Å². The maximum Gasteiger partial charge on any atom is 0.472 e. The van der Waals surface area contributed by atoms with Crippen molar-refractivity contribution in [2.45, 2.75) is 341 Å². The molecule has 0 radical (unpaired) electrons. The van der Waals surface area contributed by atoms with E-state index in [9.17, 15) is 19.0 Å². The number of carbonyl (C=O) groups excluding carboxylic acids is 2. The molecule has 0 bridgehead atoms.